The van der Waals surface area contributed by atoms with Crippen LogP contribution in [0.1, 0.15) is 51.0 Å². The first-order valence-corrected chi connectivity index (χ1v) is 7.74. The number of halogens is 1. The second-order valence-electron chi connectivity index (χ2n) is 5.52. The van der Waals surface area contributed by atoms with Gasteiger partial charge in [0.2, 0.25) is 5.91 Å². The number of unbranched alkanes of at least 4 members (excludes halogenated alkanes) is 1. The number of carbonyl (C=O) groups excluding carboxylic acids is 1. The van der Waals surface area contributed by atoms with E-state index in [9.17, 15) is 4.79 Å². The van der Waals surface area contributed by atoms with Gasteiger partial charge in [0, 0.05) is 19.0 Å². The summed E-state index contributed by atoms with van der Waals surface area (Å²) in [7, 11) is 1.65. The Labute approximate surface area is 140 Å². The Hall–Kier alpha value is -1.26. The van der Waals surface area contributed by atoms with Gasteiger partial charge in [0.15, 0.2) is 0 Å². The number of nitrogens with one attached hydrogen (secondary N) is 1. The lowest BCUT2D eigenvalue weighted by Crippen LogP contribution is -2.40. The number of benzene rings is 1. The summed E-state index contributed by atoms with van der Waals surface area (Å²) in [6.45, 7) is 4.69. The van der Waals surface area contributed by atoms with E-state index in [1.165, 1.54) is 0 Å². The van der Waals surface area contributed by atoms with E-state index in [1.807, 2.05) is 24.3 Å². The molecule has 0 fully saturated rings. The largest absolute Gasteiger partial charge is 0.497 e. The van der Waals surface area contributed by atoms with Crippen molar-refractivity contribution < 1.29 is 9.53 Å². The van der Waals surface area contributed by atoms with Crippen LogP contribution in [0.25, 0.3) is 0 Å². The molecule has 22 heavy (non-hydrogen) atoms. The molecular weight excluding hydrogens is 300 g/mol. The van der Waals surface area contributed by atoms with Gasteiger partial charge in [-0.2, -0.15) is 0 Å². The predicted octanol–water partition coefficient (Wildman–Crippen LogP) is 3.24. The van der Waals surface area contributed by atoms with Crippen LogP contribution in [0, 0.1) is 0 Å². The molecule has 0 aliphatic carbocycles. The number of carbonyl (C=O) groups is 1. The second kappa shape index (κ2) is 11.3. The van der Waals surface area contributed by atoms with Crippen LogP contribution in [0.2, 0.25) is 0 Å². The average Bonchev–Trinajstić information content (AvgIpc) is 2.51. The monoisotopic (exact) mass is 328 g/mol. The minimum atomic E-state index is 0. The first-order chi connectivity index (χ1) is 10.1. The summed E-state index contributed by atoms with van der Waals surface area (Å²) in [6.07, 6.45) is 3.63. The van der Waals surface area contributed by atoms with Gasteiger partial charge in [-0.25, -0.2) is 0 Å². The molecular formula is C17H29ClN2O2. The van der Waals surface area contributed by atoms with Crippen LogP contribution in [0.5, 0.6) is 5.75 Å². The fourth-order valence-corrected chi connectivity index (χ4v) is 2.33. The summed E-state index contributed by atoms with van der Waals surface area (Å²) in [6, 6.07) is 7.96. The van der Waals surface area contributed by atoms with Gasteiger partial charge in [-0.1, -0.05) is 38.8 Å². The van der Waals surface area contributed by atoms with Gasteiger partial charge in [0.25, 0.3) is 0 Å². The molecule has 0 aliphatic heterocycles. The van der Waals surface area contributed by atoms with Gasteiger partial charge < -0.3 is 15.8 Å². The summed E-state index contributed by atoms with van der Waals surface area (Å²) in [5.41, 5.74) is 6.82. The van der Waals surface area contributed by atoms with E-state index in [0.717, 1.165) is 30.6 Å². The van der Waals surface area contributed by atoms with Gasteiger partial charge in [-0.3, -0.25) is 4.79 Å². The van der Waals surface area contributed by atoms with Crippen molar-refractivity contribution >= 4 is 18.3 Å². The van der Waals surface area contributed by atoms with Gasteiger partial charge in [-0.05, 0) is 30.0 Å². The topological polar surface area (TPSA) is 64.3 Å². The molecule has 1 amide bonds. The smallest absolute Gasteiger partial charge is 0.220 e. The minimum absolute atomic E-state index is 0. The Morgan fingerprint density at radius 2 is 2.14 bits per heavy atom. The Kier molecular flexibility index (Phi) is 10.7. The first kappa shape index (κ1) is 20.7. The Morgan fingerprint density at radius 3 is 2.73 bits per heavy atom. The Balaban J connectivity index is 0.00000441. The molecule has 0 heterocycles. The van der Waals surface area contributed by atoms with E-state index in [-0.39, 0.29) is 30.3 Å². The van der Waals surface area contributed by atoms with Crippen LogP contribution in [0.3, 0.4) is 0 Å². The lowest BCUT2D eigenvalue weighted by Gasteiger charge is -2.18. The molecule has 0 aromatic heterocycles. The lowest BCUT2D eigenvalue weighted by atomic mass is 9.97. The number of methoxy groups -OCH3 is 1. The molecule has 2 unspecified atom stereocenters. The van der Waals surface area contributed by atoms with Gasteiger partial charge in [-0.15, -0.1) is 12.4 Å². The number of amides is 1. The molecule has 0 spiro atoms. The molecule has 1 rings (SSSR count). The zero-order valence-corrected chi connectivity index (χ0v) is 14.6. The number of hydrogen-bond acceptors (Lipinski definition) is 3. The van der Waals surface area contributed by atoms with E-state index in [1.54, 1.807) is 7.11 Å². The van der Waals surface area contributed by atoms with Crippen LogP contribution in [-0.4, -0.2) is 25.6 Å². The van der Waals surface area contributed by atoms with Crippen LogP contribution >= 0.6 is 12.4 Å². The van der Waals surface area contributed by atoms with E-state index in [4.69, 9.17) is 10.5 Å². The molecule has 1 aromatic rings. The zero-order valence-electron chi connectivity index (χ0n) is 13.8. The second-order valence-corrected chi connectivity index (χ2v) is 5.52. The highest BCUT2D eigenvalue weighted by molar-refractivity contribution is 5.85. The van der Waals surface area contributed by atoms with E-state index in [2.05, 4.69) is 19.2 Å². The summed E-state index contributed by atoms with van der Waals surface area (Å²) in [5, 5.41) is 3.04. The van der Waals surface area contributed by atoms with Crippen LogP contribution in [-0.2, 0) is 4.79 Å². The van der Waals surface area contributed by atoms with Gasteiger partial charge in [0.1, 0.15) is 5.75 Å². The van der Waals surface area contributed by atoms with Crippen LogP contribution < -0.4 is 15.8 Å². The third-order valence-corrected chi connectivity index (χ3v) is 3.71. The standard InChI is InChI=1S/C17H28N2O2.ClH/c1-4-5-8-15(12-18)19-17(20)10-13(2)14-7-6-9-16(11-14)21-3;/h6-7,9,11,13,15H,4-5,8,10,12,18H2,1-3H3,(H,19,20);1H. The zero-order chi connectivity index (χ0) is 15.7. The van der Waals surface area contributed by atoms with Crippen molar-refractivity contribution in [2.45, 2.75) is 51.5 Å². The Bertz CT molecular complexity index is 440. The van der Waals surface area contributed by atoms with Crippen LogP contribution in [0.4, 0.5) is 0 Å². The van der Waals surface area contributed by atoms with Gasteiger partial charge in [0.05, 0.1) is 7.11 Å². The molecule has 0 saturated carbocycles. The normalized spacial score (nSPS) is 12.9. The van der Waals surface area contributed by atoms with Crippen molar-refractivity contribution in [3.63, 3.8) is 0 Å². The van der Waals surface area contributed by atoms with Crippen molar-refractivity contribution in [3.05, 3.63) is 29.8 Å². The summed E-state index contributed by atoms with van der Waals surface area (Å²) in [5.74, 6) is 1.05. The van der Waals surface area contributed by atoms with E-state index >= 15 is 0 Å². The molecule has 0 radical (unpaired) electrons. The molecule has 126 valence electrons. The van der Waals surface area contributed by atoms with Crippen molar-refractivity contribution in [2.75, 3.05) is 13.7 Å². The van der Waals surface area contributed by atoms with Crippen molar-refractivity contribution in [2.24, 2.45) is 5.73 Å². The van der Waals surface area contributed by atoms with Crippen molar-refractivity contribution in [1.29, 1.82) is 0 Å². The SMILES string of the molecule is CCCCC(CN)NC(=O)CC(C)c1cccc(OC)c1.Cl. The van der Waals surface area contributed by atoms with E-state index in [0.29, 0.717) is 13.0 Å². The molecule has 5 heteroatoms. The molecule has 0 saturated heterocycles. The maximum atomic E-state index is 12.1. The minimum Gasteiger partial charge on any atom is -0.497 e. The quantitative estimate of drug-likeness (QED) is 0.731. The highest BCUT2D eigenvalue weighted by Gasteiger charge is 2.15. The summed E-state index contributed by atoms with van der Waals surface area (Å²) >= 11 is 0. The van der Waals surface area contributed by atoms with Crippen molar-refractivity contribution in [1.82, 2.24) is 5.32 Å². The molecule has 4 nitrogen and oxygen atoms in total. The number of hydrogen-bond donors (Lipinski definition) is 2. The summed E-state index contributed by atoms with van der Waals surface area (Å²) in [4.78, 5) is 12.1. The maximum Gasteiger partial charge on any atom is 0.220 e. The number of nitrogens with two attached hydrogens (primary N) is 1. The molecule has 3 N–H and O–H groups in total. The Morgan fingerprint density at radius 1 is 1.41 bits per heavy atom. The average molecular weight is 329 g/mol. The molecule has 2 atom stereocenters. The predicted molar refractivity (Wildman–Crippen MR) is 93.8 cm³/mol. The molecule has 0 aliphatic rings. The molecule has 1 aromatic carbocycles. The maximum absolute atomic E-state index is 12.1. The van der Waals surface area contributed by atoms with Crippen molar-refractivity contribution in [3.8, 4) is 5.75 Å². The first-order valence-electron chi connectivity index (χ1n) is 7.74. The number of ether oxygens (including phenoxy) is 1. The lowest BCUT2D eigenvalue weighted by molar-refractivity contribution is -0.122. The fourth-order valence-electron chi connectivity index (χ4n) is 2.33. The third-order valence-electron chi connectivity index (χ3n) is 3.71. The summed E-state index contributed by atoms with van der Waals surface area (Å²) < 4.78 is 5.22. The third kappa shape index (κ3) is 7.14. The fraction of sp³-hybridized carbons (Fsp3) is 0.588. The van der Waals surface area contributed by atoms with Gasteiger partial charge >= 0.3 is 0 Å². The number of rotatable bonds is 9. The highest BCUT2D eigenvalue weighted by atomic mass is 35.5. The highest BCUT2D eigenvalue weighted by Crippen LogP contribution is 2.23. The van der Waals surface area contributed by atoms with E-state index < -0.39 is 0 Å². The molecule has 0 bridgehead atoms. The van der Waals surface area contributed by atoms with Crippen LogP contribution in [0.15, 0.2) is 24.3 Å².